The lowest BCUT2D eigenvalue weighted by atomic mass is 9.96. The number of rotatable bonds is 18. The Morgan fingerprint density at radius 3 is 1.95 bits per heavy atom. The molecule has 5 atom stereocenters. The lowest BCUT2D eigenvalue weighted by Gasteiger charge is -2.28. The minimum Gasteiger partial charge on any atom is -0.481 e. The highest BCUT2D eigenvalue weighted by atomic mass is 16.4. The number of hydrogen-bond donors (Lipinski definition) is 8. The van der Waals surface area contributed by atoms with Crippen LogP contribution in [0.15, 0.2) is 4.99 Å². The van der Waals surface area contributed by atoms with E-state index in [9.17, 15) is 29.1 Å². The van der Waals surface area contributed by atoms with Crippen molar-refractivity contribution in [3.63, 3.8) is 0 Å². The van der Waals surface area contributed by atoms with Crippen LogP contribution in [0.1, 0.15) is 66.2 Å². The van der Waals surface area contributed by atoms with Crippen molar-refractivity contribution in [1.82, 2.24) is 16.0 Å². The first kappa shape index (κ1) is 33.6. The van der Waals surface area contributed by atoms with Gasteiger partial charge in [-0.05, 0) is 37.5 Å². The van der Waals surface area contributed by atoms with E-state index in [1.54, 1.807) is 6.92 Å². The van der Waals surface area contributed by atoms with Crippen LogP contribution in [-0.4, -0.2) is 76.5 Å². The van der Waals surface area contributed by atoms with Crippen molar-refractivity contribution in [2.75, 3.05) is 6.54 Å². The molecule has 0 aromatic carbocycles. The maximum absolute atomic E-state index is 13.1. The number of hydrogen-bond acceptors (Lipinski definition) is 7. The number of carboxylic acid groups (broad SMARTS) is 2. The molecule has 37 heavy (non-hydrogen) atoms. The Hall–Kier alpha value is -3.42. The van der Waals surface area contributed by atoms with E-state index >= 15 is 0 Å². The molecule has 0 fully saturated rings. The number of guanidine groups is 1. The normalized spacial score (nSPS) is 15.0. The van der Waals surface area contributed by atoms with Crippen LogP contribution in [0.4, 0.5) is 0 Å². The Bertz CT molecular complexity index is 815. The summed E-state index contributed by atoms with van der Waals surface area (Å²) in [5.74, 6) is -4.94. The van der Waals surface area contributed by atoms with Crippen molar-refractivity contribution in [1.29, 1.82) is 0 Å². The standard InChI is InChI=1S/C23H43N7O7/c1-5-13(4)18(30-19(33)14(24)11-12(2)3)21(35)28-15(8-9-17(31)32)20(34)29-16(22(36)37)7-6-10-27-23(25)26/h12-16,18H,5-11,24H2,1-4H3,(H,28,35)(H,29,34)(H,30,33)(H,31,32)(H,36,37)(H4,25,26,27). The van der Waals surface area contributed by atoms with Crippen LogP contribution in [0.5, 0.6) is 0 Å². The van der Waals surface area contributed by atoms with E-state index in [4.69, 9.17) is 22.3 Å². The molecule has 0 saturated heterocycles. The zero-order valence-corrected chi connectivity index (χ0v) is 22.0. The largest absolute Gasteiger partial charge is 0.481 e. The molecular weight excluding hydrogens is 486 g/mol. The molecule has 3 amide bonds. The zero-order chi connectivity index (χ0) is 28.7. The molecule has 0 aliphatic rings. The fourth-order valence-corrected chi connectivity index (χ4v) is 3.41. The Morgan fingerprint density at radius 1 is 0.865 bits per heavy atom. The molecule has 0 aliphatic heterocycles. The molecule has 0 radical (unpaired) electrons. The highest BCUT2D eigenvalue weighted by Gasteiger charge is 2.32. The van der Waals surface area contributed by atoms with Gasteiger partial charge in [0.05, 0.1) is 6.04 Å². The number of carbonyl (C=O) groups excluding carboxylic acids is 3. The molecule has 11 N–H and O–H groups in total. The number of amides is 3. The maximum Gasteiger partial charge on any atom is 0.326 e. The van der Waals surface area contributed by atoms with Crippen LogP contribution in [-0.2, 0) is 24.0 Å². The molecular formula is C23H43N7O7. The Labute approximate surface area is 217 Å². The van der Waals surface area contributed by atoms with Gasteiger partial charge in [-0.1, -0.05) is 34.1 Å². The first-order chi connectivity index (χ1) is 17.2. The number of nitrogens with one attached hydrogen (secondary N) is 3. The highest BCUT2D eigenvalue weighted by molar-refractivity contribution is 5.94. The van der Waals surface area contributed by atoms with Gasteiger partial charge >= 0.3 is 11.9 Å². The van der Waals surface area contributed by atoms with Crippen molar-refractivity contribution < 1.29 is 34.2 Å². The number of carbonyl (C=O) groups is 5. The van der Waals surface area contributed by atoms with Crippen LogP contribution < -0.4 is 33.2 Å². The third kappa shape index (κ3) is 14.0. The molecule has 0 aromatic rings. The van der Waals surface area contributed by atoms with Gasteiger partial charge in [0, 0.05) is 13.0 Å². The minimum atomic E-state index is -1.35. The molecule has 0 aliphatic carbocycles. The van der Waals surface area contributed by atoms with Gasteiger partial charge in [0.1, 0.15) is 18.1 Å². The van der Waals surface area contributed by atoms with Crippen LogP contribution >= 0.6 is 0 Å². The van der Waals surface area contributed by atoms with E-state index in [0.29, 0.717) is 12.8 Å². The predicted molar refractivity (Wildman–Crippen MR) is 137 cm³/mol. The van der Waals surface area contributed by atoms with Gasteiger partial charge in [0.15, 0.2) is 5.96 Å². The van der Waals surface area contributed by atoms with Gasteiger partial charge in [-0.3, -0.25) is 24.2 Å². The van der Waals surface area contributed by atoms with Crippen LogP contribution in [0.2, 0.25) is 0 Å². The van der Waals surface area contributed by atoms with E-state index in [0.717, 1.165) is 0 Å². The van der Waals surface area contributed by atoms with E-state index < -0.39 is 60.2 Å². The molecule has 14 nitrogen and oxygen atoms in total. The zero-order valence-electron chi connectivity index (χ0n) is 22.0. The number of aliphatic imine (C=N–C) groups is 1. The van der Waals surface area contributed by atoms with Crippen molar-refractivity contribution in [3.8, 4) is 0 Å². The van der Waals surface area contributed by atoms with Gasteiger partial charge in [-0.2, -0.15) is 0 Å². The van der Waals surface area contributed by atoms with E-state index in [2.05, 4.69) is 20.9 Å². The number of nitrogens with two attached hydrogens (primary N) is 3. The highest BCUT2D eigenvalue weighted by Crippen LogP contribution is 2.11. The van der Waals surface area contributed by atoms with Crippen molar-refractivity contribution in [3.05, 3.63) is 0 Å². The first-order valence-electron chi connectivity index (χ1n) is 12.4. The molecule has 5 unspecified atom stereocenters. The Kier molecular flexibility index (Phi) is 15.5. The molecule has 0 bridgehead atoms. The second kappa shape index (κ2) is 17.1. The topological polar surface area (TPSA) is 252 Å². The lowest BCUT2D eigenvalue weighted by molar-refractivity contribution is -0.143. The SMILES string of the molecule is CCC(C)C(NC(=O)C(N)CC(C)C)C(=O)NC(CCC(=O)O)C(=O)NC(CCCN=C(N)N)C(=O)O. The first-order valence-corrected chi connectivity index (χ1v) is 12.4. The fourth-order valence-electron chi connectivity index (χ4n) is 3.41. The summed E-state index contributed by atoms with van der Waals surface area (Å²) >= 11 is 0. The summed E-state index contributed by atoms with van der Waals surface area (Å²) in [5.41, 5.74) is 16.4. The molecule has 0 aromatic heterocycles. The fraction of sp³-hybridized carbons (Fsp3) is 0.739. The monoisotopic (exact) mass is 529 g/mol. The third-order valence-corrected chi connectivity index (χ3v) is 5.70. The van der Waals surface area contributed by atoms with E-state index in [-0.39, 0.29) is 43.6 Å². The second-order valence-corrected chi connectivity index (χ2v) is 9.45. The number of aliphatic carboxylic acids is 2. The molecule has 0 spiro atoms. The quantitative estimate of drug-likeness (QED) is 0.0601. The van der Waals surface area contributed by atoms with Gasteiger partial charge < -0.3 is 43.4 Å². The predicted octanol–water partition coefficient (Wildman–Crippen LogP) is -1.14. The summed E-state index contributed by atoms with van der Waals surface area (Å²) in [6.07, 6.45) is 0.420. The van der Waals surface area contributed by atoms with E-state index in [1.807, 2.05) is 20.8 Å². The van der Waals surface area contributed by atoms with Gasteiger partial charge in [-0.25, -0.2) is 4.79 Å². The van der Waals surface area contributed by atoms with E-state index in [1.165, 1.54) is 0 Å². The van der Waals surface area contributed by atoms with Gasteiger partial charge in [0.25, 0.3) is 0 Å². The molecule has 0 saturated carbocycles. The van der Waals surface area contributed by atoms with Crippen LogP contribution in [0.25, 0.3) is 0 Å². The Morgan fingerprint density at radius 2 is 1.46 bits per heavy atom. The summed E-state index contributed by atoms with van der Waals surface area (Å²) in [6.45, 7) is 7.52. The molecule has 14 heteroatoms. The average molecular weight is 530 g/mol. The summed E-state index contributed by atoms with van der Waals surface area (Å²) in [4.78, 5) is 65.1. The van der Waals surface area contributed by atoms with Crippen molar-refractivity contribution >= 4 is 35.6 Å². The lowest BCUT2D eigenvalue weighted by Crippen LogP contribution is -2.58. The summed E-state index contributed by atoms with van der Waals surface area (Å²) in [6, 6.07) is -4.53. The average Bonchev–Trinajstić information content (AvgIpc) is 2.79. The third-order valence-electron chi connectivity index (χ3n) is 5.70. The van der Waals surface area contributed by atoms with Crippen LogP contribution in [0, 0.1) is 11.8 Å². The van der Waals surface area contributed by atoms with Gasteiger partial charge in [-0.15, -0.1) is 0 Å². The van der Waals surface area contributed by atoms with Crippen molar-refractivity contribution in [2.24, 2.45) is 34.0 Å². The molecule has 0 heterocycles. The minimum absolute atomic E-state index is 0.00323. The number of nitrogens with zero attached hydrogens (tertiary/aromatic N) is 1. The summed E-state index contributed by atoms with van der Waals surface area (Å²) in [7, 11) is 0. The number of carboxylic acids is 2. The second-order valence-electron chi connectivity index (χ2n) is 9.45. The van der Waals surface area contributed by atoms with Crippen LogP contribution in [0.3, 0.4) is 0 Å². The molecule has 212 valence electrons. The van der Waals surface area contributed by atoms with Gasteiger partial charge in [0.2, 0.25) is 17.7 Å². The summed E-state index contributed by atoms with van der Waals surface area (Å²) < 4.78 is 0. The maximum atomic E-state index is 13.1. The molecule has 0 rings (SSSR count). The summed E-state index contributed by atoms with van der Waals surface area (Å²) in [5, 5.41) is 26.0. The van der Waals surface area contributed by atoms with Crippen molar-refractivity contribution in [2.45, 2.75) is 90.4 Å². The Balaban J connectivity index is 5.59. The smallest absolute Gasteiger partial charge is 0.326 e.